The SMILES string of the molecule is CC1(C)NC(=O)N(CCC[Si])C1=O. The number of hydrogen-bond donors (Lipinski definition) is 1. The van der Waals surface area contributed by atoms with Gasteiger partial charge in [-0.25, -0.2) is 4.79 Å². The van der Waals surface area contributed by atoms with Crippen LogP contribution in [0.15, 0.2) is 0 Å². The molecule has 1 aliphatic rings. The summed E-state index contributed by atoms with van der Waals surface area (Å²) in [5, 5.41) is 2.62. The van der Waals surface area contributed by atoms with Gasteiger partial charge in [0.2, 0.25) is 0 Å². The van der Waals surface area contributed by atoms with E-state index in [2.05, 4.69) is 15.6 Å². The first-order chi connectivity index (χ1) is 5.99. The Labute approximate surface area is 81.1 Å². The summed E-state index contributed by atoms with van der Waals surface area (Å²) < 4.78 is 0. The Kier molecular flexibility index (Phi) is 2.75. The van der Waals surface area contributed by atoms with E-state index in [1.54, 1.807) is 13.8 Å². The van der Waals surface area contributed by atoms with E-state index in [0.29, 0.717) is 6.54 Å². The minimum atomic E-state index is -0.733. The Morgan fingerprint density at radius 2 is 2.08 bits per heavy atom. The van der Waals surface area contributed by atoms with Gasteiger partial charge in [0.05, 0.1) is 0 Å². The van der Waals surface area contributed by atoms with Crippen molar-refractivity contribution in [2.24, 2.45) is 0 Å². The Balaban J connectivity index is 2.66. The number of hydrogen-bond acceptors (Lipinski definition) is 2. The highest BCUT2D eigenvalue weighted by molar-refractivity contribution is 6.08. The van der Waals surface area contributed by atoms with E-state index in [1.165, 1.54) is 4.90 Å². The van der Waals surface area contributed by atoms with Gasteiger partial charge in [-0.05, 0) is 20.3 Å². The molecule has 3 radical (unpaired) electrons. The molecule has 0 aromatic rings. The molecule has 0 atom stereocenters. The molecule has 1 saturated heterocycles. The van der Waals surface area contributed by atoms with Crippen LogP contribution in [0, 0.1) is 0 Å². The lowest BCUT2D eigenvalue weighted by Crippen LogP contribution is -2.40. The fourth-order valence-corrected chi connectivity index (χ4v) is 1.42. The van der Waals surface area contributed by atoms with Gasteiger partial charge in [0.15, 0.2) is 0 Å². The zero-order chi connectivity index (χ0) is 10.1. The molecule has 4 nitrogen and oxygen atoms in total. The van der Waals surface area contributed by atoms with Crippen molar-refractivity contribution in [2.75, 3.05) is 6.54 Å². The van der Waals surface area contributed by atoms with E-state index in [9.17, 15) is 9.59 Å². The highest BCUT2D eigenvalue weighted by atomic mass is 28.1. The highest BCUT2D eigenvalue weighted by Gasteiger charge is 2.43. The van der Waals surface area contributed by atoms with Crippen molar-refractivity contribution >= 4 is 22.2 Å². The van der Waals surface area contributed by atoms with Crippen molar-refractivity contribution in [1.29, 1.82) is 0 Å². The zero-order valence-electron chi connectivity index (χ0n) is 7.89. The topological polar surface area (TPSA) is 49.4 Å². The van der Waals surface area contributed by atoms with E-state index in [1.807, 2.05) is 0 Å². The largest absolute Gasteiger partial charge is 0.325 e. The fraction of sp³-hybridized carbons (Fsp3) is 0.750. The first-order valence-corrected chi connectivity index (χ1v) is 4.98. The van der Waals surface area contributed by atoms with Crippen LogP contribution in [0.1, 0.15) is 20.3 Å². The summed E-state index contributed by atoms with van der Waals surface area (Å²) in [5.74, 6) is -0.141. The van der Waals surface area contributed by atoms with E-state index in [4.69, 9.17) is 0 Å². The maximum Gasteiger partial charge on any atom is 0.325 e. The maximum absolute atomic E-state index is 11.6. The predicted molar refractivity (Wildman–Crippen MR) is 49.5 cm³/mol. The van der Waals surface area contributed by atoms with Gasteiger partial charge in [-0.15, -0.1) is 0 Å². The van der Waals surface area contributed by atoms with Gasteiger partial charge in [-0.2, -0.15) is 0 Å². The summed E-state index contributed by atoms with van der Waals surface area (Å²) in [6, 6.07) is 0.507. The summed E-state index contributed by atoms with van der Waals surface area (Å²) >= 11 is 0. The second-order valence-electron chi connectivity index (χ2n) is 3.62. The van der Waals surface area contributed by atoms with Crippen molar-refractivity contribution in [3.8, 4) is 0 Å². The third-order valence-corrected chi connectivity index (χ3v) is 2.36. The molecule has 0 saturated carbocycles. The van der Waals surface area contributed by atoms with E-state index in [0.717, 1.165) is 12.5 Å². The van der Waals surface area contributed by atoms with Crippen LogP contribution in [0.25, 0.3) is 0 Å². The molecule has 0 aliphatic carbocycles. The quantitative estimate of drug-likeness (QED) is 0.522. The maximum atomic E-state index is 11.6. The predicted octanol–water partition coefficient (Wildman–Crippen LogP) is 0.294. The molecular formula is C8H13N2O2Si. The van der Waals surface area contributed by atoms with Crippen LogP contribution in [-0.4, -0.2) is 39.2 Å². The summed E-state index contributed by atoms with van der Waals surface area (Å²) in [5.41, 5.74) is -0.733. The highest BCUT2D eigenvalue weighted by Crippen LogP contribution is 2.16. The molecule has 0 aromatic carbocycles. The molecule has 1 rings (SSSR count). The molecule has 0 spiro atoms. The summed E-state index contributed by atoms with van der Waals surface area (Å²) in [7, 11) is 3.30. The number of carbonyl (C=O) groups is 2. The molecule has 5 heteroatoms. The Morgan fingerprint density at radius 3 is 2.46 bits per heavy atom. The Bertz CT molecular complexity index is 240. The summed E-state index contributed by atoms with van der Waals surface area (Å²) in [4.78, 5) is 24.1. The fourth-order valence-electron chi connectivity index (χ4n) is 1.26. The molecule has 3 amide bonds. The van der Waals surface area contributed by atoms with Crippen molar-refractivity contribution in [1.82, 2.24) is 10.2 Å². The molecule has 1 N–H and O–H groups in total. The van der Waals surface area contributed by atoms with Crippen molar-refractivity contribution in [3.63, 3.8) is 0 Å². The molecule has 0 bridgehead atoms. The number of nitrogens with zero attached hydrogens (tertiary/aromatic N) is 1. The van der Waals surface area contributed by atoms with E-state index >= 15 is 0 Å². The minimum absolute atomic E-state index is 0.141. The van der Waals surface area contributed by atoms with Crippen LogP contribution < -0.4 is 5.32 Å². The van der Waals surface area contributed by atoms with Crippen molar-refractivity contribution in [2.45, 2.75) is 31.9 Å². The van der Waals surface area contributed by atoms with Crippen molar-refractivity contribution < 1.29 is 9.59 Å². The summed E-state index contributed by atoms with van der Waals surface area (Å²) in [6.45, 7) is 3.90. The second-order valence-corrected chi connectivity index (χ2v) is 4.12. The first kappa shape index (κ1) is 10.2. The zero-order valence-corrected chi connectivity index (χ0v) is 8.89. The smallest absolute Gasteiger partial charge is 0.324 e. The van der Waals surface area contributed by atoms with Crippen LogP contribution >= 0.6 is 0 Å². The van der Waals surface area contributed by atoms with E-state index < -0.39 is 5.54 Å². The average Bonchev–Trinajstić information content (AvgIpc) is 2.21. The van der Waals surface area contributed by atoms with Crippen LogP contribution in [0.2, 0.25) is 6.04 Å². The third kappa shape index (κ3) is 1.91. The van der Waals surface area contributed by atoms with Gasteiger partial charge in [0.25, 0.3) is 5.91 Å². The molecule has 71 valence electrons. The molecule has 0 unspecified atom stereocenters. The van der Waals surface area contributed by atoms with Crippen LogP contribution in [0.3, 0.4) is 0 Å². The van der Waals surface area contributed by atoms with Crippen molar-refractivity contribution in [3.05, 3.63) is 0 Å². The number of imide groups is 1. The van der Waals surface area contributed by atoms with Crippen LogP contribution in [-0.2, 0) is 4.79 Å². The molecule has 13 heavy (non-hydrogen) atoms. The van der Waals surface area contributed by atoms with Gasteiger partial charge < -0.3 is 5.32 Å². The third-order valence-electron chi connectivity index (χ3n) is 2.00. The number of rotatable bonds is 3. The number of carbonyl (C=O) groups excluding carboxylic acids is 2. The lowest BCUT2D eigenvalue weighted by molar-refractivity contribution is -0.130. The molecule has 1 aliphatic heterocycles. The van der Waals surface area contributed by atoms with Gasteiger partial charge in [-0.1, -0.05) is 6.04 Å². The normalized spacial score (nSPS) is 20.7. The number of nitrogens with one attached hydrogen (secondary N) is 1. The monoisotopic (exact) mass is 197 g/mol. The lowest BCUT2D eigenvalue weighted by Gasteiger charge is -2.15. The van der Waals surface area contributed by atoms with Crippen LogP contribution in [0.4, 0.5) is 4.79 Å². The Hall–Kier alpha value is -0.843. The van der Waals surface area contributed by atoms with Crippen LogP contribution in [0.5, 0.6) is 0 Å². The van der Waals surface area contributed by atoms with Gasteiger partial charge in [-0.3, -0.25) is 9.69 Å². The summed E-state index contributed by atoms with van der Waals surface area (Å²) in [6.07, 6.45) is 0.784. The van der Waals surface area contributed by atoms with Gasteiger partial charge in [0.1, 0.15) is 5.54 Å². The lowest BCUT2D eigenvalue weighted by atomic mass is 10.1. The minimum Gasteiger partial charge on any atom is -0.324 e. The second kappa shape index (κ2) is 3.49. The molecule has 1 heterocycles. The van der Waals surface area contributed by atoms with Gasteiger partial charge in [0, 0.05) is 16.8 Å². The first-order valence-electron chi connectivity index (χ1n) is 4.28. The number of urea groups is 1. The van der Waals surface area contributed by atoms with E-state index in [-0.39, 0.29) is 11.9 Å². The molecular weight excluding hydrogens is 184 g/mol. The van der Waals surface area contributed by atoms with Gasteiger partial charge >= 0.3 is 6.03 Å². The average molecular weight is 197 g/mol. The molecule has 0 aromatic heterocycles. The molecule has 1 fully saturated rings. The Morgan fingerprint density at radius 1 is 1.46 bits per heavy atom. The number of amides is 3. The standard InChI is InChI=1S/C8H13N2O2Si/c1-8(2)6(11)10(4-3-5-13)7(12)9-8/h3-5H2,1-2H3,(H,9,12).